The maximum absolute atomic E-state index is 12.3. The quantitative estimate of drug-likeness (QED) is 0.510. The van der Waals surface area contributed by atoms with Crippen LogP contribution in [-0.4, -0.2) is 35.6 Å². The topological polar surface area (TPSA) is 92.2 Å². The third-order valence-electron chi connectivity index (χ3n) is 3.75. The fourth-order valence-corrected chi connectivity index (χ4v) is 3.59. The minimum absolute atomic E-state index is 0.0179. The SMILES string of the molecule is COc1ccccc1NC(=O)CC1S/C(=N\N=C\c2ccc(Br)cc2)NC1=O. The zero-order valence-electron chi connectivity index (χ0n) is 14.9. The number of carbonyl (C=O) groups is 2. The molecule has 0 aromatic heterocycles. The summed E-state index contributed by atoms with van der Waals surface area (Å²) in [6, 6.07) is 14.7. The Morgan fingerprint density at radius 2 is 2.04 bits per heavy atom. The van der Waals surface area contributed by atoms with Crippen LogP contribution in [0.2, 0.25) is 0 Å². The summed E-state index contributed by atoms with van der Waals surface area (Å²) in [7, 11) is 1.53. The second-order valence-corrected chi connectivity index (χ2v) is 7.86. The van der Waals surface area contributed by atoms with Gasteiger partial charge in [0.25, 0.3) is 0 Å². The van der Waals surface area contributed by atoms with Crippen molar-refractivity contribution in [3.63, 3.8) is 0 Å². The zero-order chi connectivity index (χ0) is 19.9. The zero-order valence-corrected chi connectivity index (χ0v) is 17.3. The van der Waals surface area contributed by atoms with Crippen LogP contribution in [0.1, 0.15) is 12.0 Å². The predicted molar refractivity (Wildman–Crippen MR) is 115 cm³/mol. The van der Waals surface area contributed by atoms with E-state index in [1.165, 1.54) is 18.9 Å². The normalized spacial score (nSPS) is 17.7. The molecule has 2 amide bonds. The number of amides is 2. The highest BCUT2D eigenvalue weighted by molar-refractivity contribution is 9.10. The minimum atomic E-state index is -0.559. The number of carbonyl (C=O) groups excluding carboxylic acids is 2. The molecule has 9 heteroatoms. The Hall–Kier alpha value is -2.65. The molecule has 2 aromatic rings. The van der Waals surface area contributed by atoms with Crippen LogP contribution in [0.4, 0.5) is 5.69 Å². The lowest BCUT2D eigenvalue weighted by Crippen LogP contribution is -2.28. The van der Waals surface area contributed by atoms with E-state index in [1.807, 2.05) is 30.3 Å². The highest BCUT2D eigenvalue weighted by Gasteiger charge is 2.32. The summed E-state index contributed by atoms with van der Waals surface area (Å²) in [6.45, 7) is 0. The highest BCUT2D eigenvalue weighted by Crippen LogP contribution is 2.26. The standard InChI is InChI=1S/C19H17BrN4O3S/c1-27-15-5-3-2-4-14(15)22-17(25)10-16-18(26)23-19(28-16)24-21-11-12-6-8-13(20)9-7-12/h2-9,11,16H,10H2,1H3,(H,22,25)(H,23,24,26)/b21-11+. The Labute approximate surface area is 174 Å². The molecule has 2 N–H and O–H groups in total. The van der Waals surface area contributed by atoms with Gasteiger partial charge in [-0.1, -0.05) is 52.0 Å². The number of hydrogen-bond acceptors (Lipinski definition) is 6. The van der Waals surface area contributed by atoms with E-state index in [4.69, 9.17) is 4.74 Å². The Morgan fingerprint density at radius 3 is 2.79 bits per heavy atom. The predicted octanol–water partition coefficient (Wildman–Crippen LogP) is 3.41. The summed E-state index contributed by atoms with van der Waals surface area (Å²) in [4.78, 5) is 24.4. The van der Waals surface area contributed by atoms with E-state index < -0.39 is 5.25 Å². The van der Waals surface area contributed by atoms with Crippen molar-refractivity contribution in [2.24, 2.45) is 10.2 Å². The van der Waals surface area contributed by atoms with Crippen molar-refractivity contribution in [2.45, 2.75) is 11.7 Å². The number of hydrogen-bond donors (Lipinski definition) is 2. The third-order valence-corrected chi connectivity index (χ3v) is 5.35. The van der Waals surface area contributed by atoms with Crippen LogP contribution in [0.25, 0.3) is 0 Å². The Bertz CT molecular complexity index is 931. The molecule has 7 nitrogen and oxygen atoms in total. The molecular weight excluding hydrogens is 444 g/mol. The van der Waals surface area contributed by atoms with Crippen LogP contribution >= 0.6 is 27.7 Å². The van der Waals surface area contributed by atoms with Crippen molar-refractivity contribution in [2.75, 3.05) is 12.4 Å². The lowest BCUT2D eigenvalue weighted by molar-refractivity contribution is -0.122. The molecule has 144 valence electrons. The summed E-state index contributed by atoms with van der Waals surface area (Å²) >= 11 is 4.55. The first-order chi connectivity index (χ1) is 13.5. The van der Waals surface area contributed by atoms with Crippen LogP contribution in [0.3, 0.4) is 0 Å². The van der Waals surface area contributed by atoms with E-state index in [0.29, 0.717) is 16.6 Å². The summed E-state index contributed by atoms with van der Waals surface area (Å²) < 4.78 is 6.18. The van der Waals surface area contributed by atoms with Gasteiger partial charge in [-0.25, -0.2) is 0 Å². The number of anilines is 1. The largest absolute Gasteiger partial charge is 0.495 e. The summed E-state index contributed by atoms with van der Waals surface area (Å²) in [5, 5.41) is 13.2. The van der Waals surface area contributed by atoms with Crippen LogP contribution < -0.4 is 15.4 Å². The second-order valence-electron chi connectivity index (χ2n) is 5.75. The molecule has 1 unspecified atom stereocenters. The van der Waals surface area contributed by atoms with Crippen molar-refractivity contribution in [1.29, 1.82) is 0 Å². The summed E-state index contributed by atoms with van der Waals surface area (Å²) in [6.07, 6.45) is 1.61. The number of halogens is 1. The van der Waals surface area contributed by atoms with Crippen molar-refractivity contribution >= 4 is 56.6 Å². The molecule has 1 heterocycles. The lowest BCUT2D eigenvalue weighted by Gasteiger charge is -2.10. The van der Waals surface area contributed by atoms with E-state index in [9.17, 15) is 9.59 Å². The van der Waals surface area contributed by atoms with Gasteiger partial charge < -0.3 is 15.4 Å². The van der Waals surface area contributed by atoms with Gasteiger partial charge in [-0.05, 0) is 29.8 Å². The molecule has 2 aromatic carbocycles. The smallest absolute Gasteiger partial charge is 0.240 e. The summed E-state index contributed by atoms with van der Waals surface area (Å²) in [5.41, 5.74) is 1.45. The van der Waals surface area contributed by atoms with Crippen LogP contribution in [-0.2, 0) is 9.59 Å². The first kappa shape index (κ1) is 20.1. The number of para-hydroxylation sites is 2. The molecule has 1 atom stereocenters. The van der Waals surface area contributed by atoms with Crippen LogP contribution in [0, 0.1) is 0 Å². The van der Waals surface area contributed by atoms with Crippen LogP contribution in [0.15, 0.2) is 63.2 Å². The minimum Gasteiger partial charge on any atom is -0.495 e. The molecule has 0 bridgehead atoms. The van der Waals surface area contributed by atoms with Gasteiger partial charge in [-0.3, -0.25) is 9.59 Å². The van der Waals surface area contributed by atoms with Crippen molar-refractivity contribution in [3.8, 4) is 5.75 Å². The number of benzene rings is 2. The Kier molecular flexibility index (Phi) is 6.83. The van der Waals surface area contributed by atoms with E-state index in [0.717, 1.165) is 10.0 Å². The van der Waals surface area contributed by atoms with Gasteiger partial charge in [0.15, 0.2) is 5.17 Å². The van der Waals surface area contributed by atoms with Crippen LogP contribution in [0.5, 0.6) is 5.75 Å². The Balaban J connectivity index is 1.56. The molecule has 28 heavy (non-hydrogen) atoms. The molecule has 0 spiro atoms. The first-order valence-electron chi connectivity index (χ1n) is 8.32. The van der Waals surface area contributed by atoms with Crippen molar-refractivity contribution < 1.29 is 14.3 Å². The van der Waals surface area contributed by atoms with Crippen molar-refractivity contribution in [1.82, 2.24) is 5.32 Å². The molecule has 0 saturated carbocycles. The number of nitrogens with zero attached hydrogens (tertiary/aromatic N) is 2. The molecule has 1 aliphatic heterocycles. The number of amidine groups is 1. The maximum atomic E-state index is 12.3. The van der Waals surface area contributed by atoms with E-state index in [1.54, 1.807) is 24.4 Å². The highest BCUT2D eigenvalue weighted by atomic mass is 79.9. The molecule has 3 rings (SSSR count). The van der Waals surface area contributed by atoms with E-state index >= 15 is 0 Å². The molecular formula is C19H17BrN4O3S. The van der Waals surface area contributed by atoms with Gasteiger partial charge in [0.1, 0.15) is 11.0 Å². The number of thioether (sulfide) groups is 1. The average molecular weight is 461 g/mol. The molecule has 0 radical (unpaired) electrons. The molecule has 1 saturated heterocycles. The number of methoxy groups -OCH3 is 1. The van der Waals surface area contributed by atoms with E-state index in [-0.39, 0.29) is 18.2 Å². The van der Waals surface area contributed by atoms with Gasteiger partial charge in [0, 0.05) is 10.9 Å². The third kappa shape index (κ3) is 5.43. The second kappa shape index (κ2) is 9.52. The van der Waals surface area contributed by atoms with Gasteiger partial charge in [-0.2, -0.15) is 5.10 Å². The maximum Gasteiger partial charge on any atom is 0.240 e. The molecule has 0 aliphatic carbocycles. The number of nitrogens with one attached hydrogen (secondary N) is 2. The van der Waals surface area contributed by atoms with Crippen molar-refractivity contribution in [3.05, 3.63) is 58.6 Å². The van der Waals surface area contributed by atoms with Gasteiger partial charge in [0.05, 0.1) is 19.0 Å². The summed E-state index contributed by atoms with van der Waals surface area (Å²) in [5.74, 6) is 0.0124. The Morgan fingerprint density at radius 1 is 1.29 bits per heavy atom. The van der Waals surface area contributed by atoms with Gasteiger partial charge in [0.2, 0.25) is 11.8 Å². The number of ether oxygens (including phenoxy) is 1. The first-order valence-corrected chi connectivity index (χ1v) is 9.99. The lowest BCUT2D eigenvalue weighted by atomic mass is 10.2. The fraction of sp³-hybridized carbons (Fsp3) is 0.158. The average Bonchev–Trinajstić information content (AvgIpc) is 3.03. The fourth-order valence-electron chi connectivity index (χ4n) is 2.40. The van der Waals surface area contributed by atoms with Gasteiger partial charge in [-0.15, -0.1) is 5.10 Å². The molecule has 1 aliphatic rings. The molecule has 1 fully saturated rings. The number of rotatable bonds is 6. The van der Waals surface area contributed by atoms with E-state index in [2.05, 4.69) is 36.8 Å². The van der Waals surface area contributed by atoms with Gasteiger partial charge >= 0.3 is 0 Å². The monoisotopic (exact) mass is 460 g/mol.